The average molecular weight is 339 g/mol. The zero-order valence-corrected chi connectivity index (χ0v) is 12.5. The Morgan fingerprint density at radius 3 is 2.11 bits per heavy atom. The fraction of sp³-hybridized carbons (Fsp3) is 0.133. The predicted molar refractivity (Wildman–Crippen MR) is 89.6 cm³/mol. The summed E-state index contributed by atoms with van der Waals surface area (Å²) in [7, 11) is 0. The van der Waals surface area contributed by atoms with E-state index in [4.69, 9.17) is 12.2 Å². The fourth-order valence-electron chi connectivity index (χ4n) is 1.36. The normalized spacial score (nSPS) is 9.67. The second kappa shape index (κ2) is 7.07. The molecule has 0 fully saturated rings. The Hall–Kier alpha value is -0.640. The van der Waals surface area contributed by atoms with E-state index in [0.29, 0.717) is 0 Å². The molecule has 0 aliphatic heterocycles. The lowest BCUT2D eigenvalue weighted by Crippen LogP contribution is -1.90. The molecule has 94 valence electrons. The number of halogens is 1. The highest BCUT2D eigenvalue weighted by Gasteiger charge is 2.03. The molecule has 0 saturated carbocycles. The minimum absolute atomic E-state index is 0. The topological polar surface area (TPSA) is 0 Å². The largest absolute Gasteiger partial charge is 0.0825 e. The molecule has 0 amide bonds. The van der Waals surface area contributed by atoms with Gasteiger partial charge < -0.3 is 0 Å². The maximum atomic E-state index is 5.43. The second-order valence-electron chi connectivity index (χ2n) is 3.71. The number of hydrogen-bond donors (Lipinski definition) is 0. The first kappa shape index (κ1) is 15.4. The first-order valence-corrected chi connectivity index (χ1v) is 7.21. The van der Waals surface area contributed by atoms with Gasteiger partial charge in [-0.25, -0.2) is 0 Å². The van der Waals surface area contributed by atoms with Crippen molar-refractivity contribution in [2.45, 2.75) is 19.2 Å². The molecular formula is C15H15BrS2. The Labute approximate surface area is 127 Å². The minimum atomic E-state index is 0. The van der Waals surface area contributed by atoms with Crippen molar-refractivity contribution in [2.24, 2.45) is 0 Å². The third-order valence-electron chi connectivity index (χ3n) is 2.31. The molecule has 0 N–H and O–H groups in total. The molecule has 2 aromatic carbocycles. The van der Waals surface area contributed by atoms with Crippen LogP contribution in [0.4, 0.5) is 0 Å². The third-order valence-corrected chi connectivity index (χ3v) is 4.25. The zero-order valence-electron chi connectivity index (χ0n) is 9.31. The van der Waals surface area contributed by atoms with Gasteiger partial charge in [0.2, 0.25) is 0 Å². The number of rotatable bonds is 2. The van der Waals surface area contributed by atoms with E-state index >= 15 is 0 Å². The van der Waals surface area contributed by atoms with E-state index in [1.807, 2.05) is 24.3 Å². The van der Waals surface area contributed by atoms with Crippen LogP contribution < -0.4 is 0 Å². The summed E-state index contributed by atoms with van der Waals surface area (Å²) in [6, 6.07) is 16.5. The van der Waals surface area contributed by atoms with Gasteiger partial charge >= 0.3 is 0 Å². The zero-order chi connectivity index (χ0) is 12.3. The molecule has 0 heterocycles. The lowest BCUT2D eigenvalue weighted by atomic mass is 10.2. The summed E-state index contributed by atoms with van der Waals surface area (Å²) in [5.74, 6) is 0. The highest BCUT2D eigenvalue weighted by atomic mass is 79.9. The monoisotopic (exact) mass is 338 g/mol. The number of hydrogen-bond acceptors (Lipinski definition) is 2. The van der Waals surface area contributed by atoms with Crippen molar-refractivity contribution in [3.63, 3.8) is 0 Å². The number of benzene rings is 2. The maximum absolute atomic E-state index is 5.43. The first-order valence-electron chi connectivity index (χ1n) is 5.19. The molecule has 3 heteroatoms. The van der Waals surface area contributed by atoms with Gasteiger partial charge in [0, 0.05) is 9.37 Å². The molecule has 0 atom stereocenters. The van der Waals surface area contributed by atoms with Crippen LogP contribution in [0.5, 0.6) is 0 Å². The van der Waals surface area contributed by atoms with E-state index in [-0.39, 0.29) is 7.43 Å². The van der Waals surface area contributed by atoms with Gasteiger partial charge in [0.1, 0.15) is 0 Å². The second-order valence-corrected chi connectivity index (χ2v) is 6.38. The highest BCUT2D eigenvalue weighted by molar-refractivity contribution is 9.10. The summed E-state index contributed by atoms with van der Waals surface area (Å²) in [4.78, 5) is 1.18. The molecule has 0 bridgehead atoms. The van der Waals surface area contributed by atoms with Gasteiger partial charge in [-0.05, 0) is 36.8 Å². The van der Waals surface area contributed by atoms with Crippen LogP contribution in [-0.4, -0.2) is 4.20 Å². The Kier molecular flexibility index (Phi) is 6.06. The van der Waals surface area contributed by atoms with Crippen LogP contribution in [-0.2, 0) is 0 Å². The van der Waals surface area contributed by atoms with E-state index in [1.54, 1.807) is 11.8 Å². The number of thiocarbonyl (C=S) groups is 1. The molecule has 0 aliphatic rings. The van der Waals surface area contributed by atoms with E-state index in [1.165, 1.54) is 10.5 Å². The molecular weight excluding hydrogens is 324 g/mol. The van der Waals surface area contributed by atoms with Crippen LogP contribution >= 0.6 is 39.9 Å². The predicted octanol–water partition coefficient (Wildman–Crippen LogP) is 5.86. The molecule has 2 rings (SSSR count). The van der Waals surface area contributed by atoms with Crippen LogP contribution in [0.3, 0.4) is 0 Å². The van der Waals surface area contributed by atoms with Crippen molar-refractivity contribution in [1.82, 2.24) is 0 Å². The van der Waals surface area contributed by atoms with Gasteiger partial charge in [-0.15, -0.1) is 0 Å². The third kappa shape index (κ3) is 4.23. The molecule has 0 unspecified atom stereocenters. The molecule has 0 aromatic heterocycles. The van der Waals surface area contributed by atoms with E-state index in [2.05, 4.69) is 47.1 Å². The smallest absolute Gasteiger partial charge is 0.0777 e. The van der Waals surface area contributed by atoms with Crippen molar-refractivity contribution in [3.8, 4) is 0 Å². The Bertz CT molecular complexity index is 515. The summed E-state index contributed by atoms with van der Waals surface area (Å²) < 4.78 is 1.98. The number of thioether (sulfide) groups is 1. The Morgan fingerprint density at radius 1 is 1.00 bits per heavy atom. The average Bonchev–Trinajstić information content (AvgIpc) is 2.33. The van der Waals surface area contributed by atoms with Crippen LogP contribution in [0.25, 0.3) is 0 Å². The van der Waals surface area contributed by atoms with Crippen molar-refractivity contribution in [1.29, 1.82) is 0 Å². The SMILES string of the molecule is C.Cc1ccc(SC(=S)c2ccc(Br)cc2)cc1. The van der Waals surface area contributed by atoms with Crippen molar-refractivity contribution < 1.29 is 0 Å². The fourth-order valence-corrected chi connectivity index (χ4v) is 2.79. The van der Waals surface area contributed by atoms with E-state index in [0.717, 1.165) is 14.2 Å². The lowest BCUT2D eigenvalue weighted by molar-refractivity contribution is 1.38. The lowest BCUT2D eigenvalue weighted by Gasteiger charge is -2.04. The Morgan fingerprint density at radius 2 is 1.56 bits per heavy atom. The highest BCUT2D eigenvalue weighted by Crippen LogP contribution is 2.24. The molecule has 0 spiro atoms. The van der Waals surface area contributed by atoms with Crippen molar-refractivity contribution in [2.75, 3.05) is 0 Å². The summed E-state index contributed by atoms with van der Waals surface area (Å²) in [5, 5.41) is 0. The molecule has 0 aliphatic carbocycles. The van der Waals surface area contributed by atoms with Crippen molar-refractivity contribution in [3.05, 3.63) is 64.1 Å². The summed E-state index contributed by atoms with van der Waals surface area (Å²) >= 11 is 10.5. The quantitative estimate of drug-likeness (QED) is 0.496. The minimum Gasteiger partial charge on any atom is -0.0777 e. The van der Waals surface area contributed by atoms with Gasteiger partial charge in [0.25, 0.3) is 0 Å². The molecule has 2 aromatic rings. The van der Waals surface area contributed by atoms with E-state index in [9.17, 15) is 0 Å². The van der Waals surface area contributed by atoms with Gasteiger partial charge in [0.15, 0.2) is 0 Å². The van der Waals surface area contributed by atoms with Crippen LogP contribution in [0.2, 0.25) is 0 Å². The molecule has 0 nitrogen and oxygen atoms in total. The summed E-state index contributed by atoms with van der Waals surface area (Å²) in [6.07, 6.45) is 0. The van der Waals surface area contributed by atoms with Gasteiger partial charge in [-0.2, -0.15) is 0 Å². The summed E-state index contributed by atoms with van der Waals surface area (Å²) in [6.45, 7) is 2.08. The molecule has 18 heavy (non-hydrogen) atoms. The van der Waals surface area contributed by atoms with Crippen LogP contribution in [0, 0.1) is 6.92 Å². The Balaban J connectivity index is 0.00000162. The van der Waals surface area contributed by atoms with E-state index < -0.39 is 0 Å². The standard InChI is InChI=1S/C14H11BrS2.CH4/c1-10-2-8-13(9-3-10)17-14(16)11-4-6-12(15)7-5-11;/h2-9H,1H3;1H4. The first-order chi connectivity index (χ1) is 8.15. The van der Waals surface area contributed by atoms with Crippen LogP contribution in [0.1, 0.15) is 18.6 Å². The van der Waals surface area contributed by atoms with Gasteiger partial charge in [0.05, 0.1) is 4.20 Å². The number of aryl methyl sites for hydroxylation is 1. The summed E-state index contributed by atoms with van der Waals surface area (Å²) in [5.41, 5.74) is 2.36. The van der Waals surface area contributed by atoms with Crippen LogP contribution in [0.15, 0.2) is 57.9 Å². The maximum Gasteiger partial charge on any atom is 0.0825 e. The van der Waals surface area contributed by atoms with Gasteiger partial charge in [-0.3, -0.25) is 0 Å². The van der Waals surface area contributed by atoms with Crippen molar-refractivity contribution >= 4 is 44.1 Å². The molecule has 0 saturated heterocycles. The molecule has 0 radical (unpaired) electrons. The van der Waals surface area contributed by atoms with Gasteiger partial charge in [-0.1, -0.05) is 77.2 Å².